The van der Waals surface area contributed by atoms with Crippen LogP contribution in [0.4, 0.5) is 0 Å². The predicted molar refractivity (Wildman–Crippen MR) is 86.0 cm³/mol. The summed E-state index contributed by atoms with van der Waals surface area (Å²) in [5.41, 5.74) is 8.01. The van der Waals surface area contributed by atoms with Crippen LogP contribution in [0.1, 0.15) is 48.2 Å². The Bertz CT molecular complexity index is 577. The molecule has 21 heavy (non-hydrogen) atoms. The molecule has 0 bridgehead atoms. The summed E-state index contributed by atoms with van der Waals surface area (Å²) in [6.45, 7) is 7.33. The molecule has 1 aliphatic carbocycles. The zero-order valence-electron chi connectivity index (χ0n) is 13.1. The fourth-order valence-electron chi connectivity index (χ4n) is 2.34. The van der Waals surface area contributed by atoms with E-state index in [-0.39, 0.29) is 11.9 Å². The first-order valence-electron chi connectivity index (χ1n) is 7.63. The number of hydrogen-bond donors (Lipinski definition) is 1. The molecule has 0 unspecified atom stereocenters. The van der Waals surface area contributed by atoms with Gasteiger partial charge in [-0.25, -0.2) is 0 Å². The van der Waals surface area contributed by atoms with Gasteiger partial charge in [-0.15, -0.1) is 0 Å². The highest BCUT2D eigenvalue weighted by Crippen LogP contribution is 2.31. The zero-order chi connectivity index (χ0) is 15.4. The molecular weight excluding hydrogens is 260 g/mol. The van der Waals surface area contributed by atoms with Crippen LogP contribution < -0.4 is 5.73 Å². The quantitative estimate of drug-likeness (QED) is 0.864. The Labute approximate surface area is 127 Å². The molecule has 112 valence electrons. The maximum Gasteiger partial charge on any atom is 0.254 e. The lowest BCUT2D eigenvalue weighted by molar-refractivity contribution is 0.0695. The average molecular weight is 284 g/mol. The second-order valence-corrected chi connectivity index (χ2v) is 6.03. The predicted octanol–water partition coefficient (Wildman–Crippen LogP) is 2.57. The Balaban J connectivity index is 2.26. The second-order valence-electron chi connectivity index (χ2n) is 6.03. The van der Waals surface area contributed by atoms with Crippen molar-refractivity contribution in [3.8, 4) is 11.8 Å². The standard InChI is InChI=1S/C18H24N2O/c1-13(2)20(12-16-8-9-16)18(21)17-11-15(5-4-10-19)7-6-14(17)3/h6-7,11,13,16H,8-10,12,19H2,1-3H3. The molecular formula is C18H24N2O. The smallest absolute Gasteiger partial charge is 0.254 e. The van der Waals surface area contributed by atoms with E-state index in [0.29, 0.717) is 12.5 Å². The van der Waals surface area contributed by atoms with E-state index in [0.717, 1.165) is 23.2 Å². The van der Waals surface area contributed by atoms with Crippen molar-refractivity contribution in [2.45, 2.75) is 39.7 Å². The summed E-state index contributed by atoms with van der Waals surface area (Å²) in [6.07, 6.45) is 2.50. The fraction of sp³-hybridized carbons (Fsp3) is 0.500. The number of nitrogens with two attached hydrogens (primary N) is 1. The van der Waals surface area contributed by atoms with Gasteiger partial charge < -0.3 is 10.6 Å². The first-order valence-corrected chi connectivity index (χ1v) is 7.63. The first kappa shape index (κ1) is 15.6. The second kappa shape index (κ2) is 6.78. The molecule has 0 atom stereocenters. The molecule has 2 N–H and O–H groups in total. The van der Waals surface area contributed by atoms with E-state index in [2.05, 4.69) is 25.7 Å². The topological polar surface area (TPSA) is 46.3 Å². The van der Waals surface area contributed by atoms with Crippen LogP contribution in [-0.2, 0) is 0 Å². The Morgan fingerprint density at radius 2 is 2.14 bits per heavy atom. The van der Waals surface area contributed by atoms with Gasteiger partial charge in [-0.1, -0.05) is 17.9 Å². The molecule has 3 heteroatoms. The van der Waals surface area contributed by atoms with Gasteiger partial charge in [0, 0.05) is 23.7 Å². The van der Waals surface area contributed by atoms with Crippen LogP contribution in [0.25, 0.3) is 0 Å². The van der Waals surface area contributed by atoms with Crippen molar-refractivity contribution in [2.24, 2.45) is 11.7 Å². The normalized spacial score (nSPS) is 13.8. The van der Waals surface area contributed by atoms with Crippen molar-refractivity contribution in [3.05, 3.63) is 34.9 Å². The lowest BCUT2D eigenvalue weighted by Gasteiger charge is -2.27. The highest BCUT2D eigenvalue weighted by atomic mass is 16.2. The van der Waals surface area contributed by atoms with Gasteiger partial charge >= 0.3 is 0 Å². The van der Waals surface area contributed by atoms with Gasteiger partial charge in [0.15, 0.2) is 0 Å². The minimum absolute atomic E-state index is 0.116. The van der Waals surface area contributed by atoms with Crippen molar-refractivity contribution in [1.82, 2.24) is 4.90 Å². The van der Waals surface area contributed by atoms with Crippen LogP contribution in [0.3, 0.4) is 0 Å². The van der Waals surface area contributed by atoms with Crippen LogP contribution in [0.2, 0.25) is 0 Å². The van der Waals surface area contributed by atoms with Crippen LogP contribution in [-0.4, -0.2) is 29.9 Å². The van der Waals surface area contributed by atoms with E-state index in [1.807, 2.05) is 30.0 Å². The Hall–Kier alpha value is -1.79. The van der Waals surface area contributed by atoms with Crippen LogP contribution in [0.5, 0.6) is 0 Å². The molecule has 1 aromatic rings. The molecule has 0 spiro atoms. The number of hydrogen-bond acceptors (Lipinski definition) is 2. The van der Waals surface area contributed by atoms with Crippen molar-refractivity contribution in [2.75, 3.05) is 13.1 Å². The molecule has 1 fully saturated rings. The SMILES string of the molecule is Cc1ccc(C#CCN)cc1C(=O)N(CC1CC1)C(C)C. The molecule has 2 rings (SSSR count). The summed E-state index contributed by atoms with van der Waals surface area (Å²) in [4.78, 5) is 14.8. The van der Waals surface area contributed by atoms with Gasteiger partial charge in [0.05, 0.1) is 6.54 Å². The Morgan fingerprint density at radius 1 is 1.43 bits per heavy atom. The minimum atomic E-state index is 0.116. The highest BCUT2D eigenvalue weighted by Gasteiger charge is 2.29. The summed E-state index contributed by atoms with van der Waals surface area (Å²) >= 11 is 0. The van der Waals surface area contributed by atoms with Crippen molar-refractivity contribution in [1.29, 1.82) is 0 Å². The van der Waals surface area contributed by atoms with Gasteiger partial charge in [0.25, 0.3) is 5.91 Å². The summed E-state index contributed by atoms with van der Waals surface area (Å²) in [5.74, 6) is 6.65. The molecule has 1 aromatic carbocycles. The number of amides is 1. The zero-order valence-corrected chi connectivity index (χ0v) is 13.1. The van der Waals surface area contributed by atoms with Crippen molar-refractivity contribution >= 4 is 5.91 Å². The number of carbonyl (C=O) groups excluding carboxylic acids is 1. The third-order valence-corrected chi connectivity index (χ3v) is 3.84. The molecule has 0 heterocycles. The van der Waals surface area contributed by atoms with Gasteiger partial charge in [-0.3, -0.25) is 4.79 Å². The van der Waals surface area contributed by atoms with Crippen LogP contribution in [0.15, 0.2) is 18.2 Å². The molecule has 0 aromatic heterocycles. The molecule has 1 saturated carbocycles. The van der Waals surface area contributed by atoms with Crippen LogP contribution in [0, 0.1) is 24.7 Å². The molecule has 1 amide bonds. The maximum absolute atomic E-state index is 12.8. The maximum atomic E-state index is 12.8. The van der Waals surface area contributed by atoms with E-state index in [1.54, 1.807) is 0 Å². The lowest BCUT2D eigenvalue weighted by atomic mass is 10.0. The van der Waals surface area contributed by atoms with E-state index >= 15 is 0 Å². The van der Waals surface area contributed by atoms with E-state index in [1.165, 1.54) is 12.8 Å². The largest absolute Gasteiger partial charge is 0.336 e. The van der Waals surface area contributed by atoms with E-state index < -0.39 is 0 Å². The average Bonchev–Trinajstić information content (AvgIpc) is 3.27. The number of benzene rings is 1. The number of carbonyl (C=O) groups is 1. The lowest BCUT2D eigenvalue weighted by Crippen LogP contribution is -2.38. The van der Waals surface area contributed by atoms with Crippen molar-refractivity contribution < 1.29 is 4.79 Å². The summed E-state index contributed by atoms with van der Waals surface area (Å²) < 4.78 is 0. The number of rotatable bonds is 4. The third kappa shape index (κ3) is 4.09. The van der Waals surface area contributed by atoms with Crippen LogP contribution >= 0.6 is 0 Å². The molecule has 1 aliphatic rings. The third-order valence-electron chi connectivity index (χ3n) is 3.84. The molecule has 0 radical (unpaired) electrons. The Morgan fingerprint density at radius 3 is 2.71 bits per heavy atom. The van der Waals surface area contributed by atoms with Gasteiger partial charge in [-0.2, -0.15) is 0 Å². The van der Waals surface area contributed by atoms with E-state index in [9.17, 15) is 4.79 Å². The van der Waals surface area contributed by atoms with E-state index in [4.69, 9.17) is 5.73 Å². The molecule has 0 aliphatic heterocycles. The summed E-state index contributed by atoms with van der Waals surface area (Å²) in [6, 6.07) is 6.01. The fourth-order valence-corrected chi connectivity index (χ4v) is 2.34. The van der Waals surface area contributed by atoms with Gasteiger partial charge in [0.2, 0.25) is 0 Å². The monoisotopic (exact) mass is 284 g/mol. The molecule has 0 saturated heterocycles. The molecule has 3 nitrogen and oxygen atoms in total. The Kier molecular flexibility index (Phi) is 5.03. The first-order chi connectivity index (χ1) is 10.0. The highest BCUT2D eigenvalue weighted by molar-refractivity contribution is 5.96. The van der Waals surface area contributed by atoms with Gasteiger partial charge in [-0.05, 0) is 57.2 Å². The minimum Gasteiger partial charge on any atom is -0.336 e. The summed E-state index contributed by atoms with van der Waals surface area (Å²) in [7, 11) is 0. The summed E-state index contributed by atoms with van der Waals surface area (Å²) in [5, 5.41) is 0. The van der Waals surface area contributed by atoms with Crippen molar-refractivity contribution in [3.63, 3.8) is 0 Å². The number of nitrogens with zero attached hydrogens (tertiary/aromatic N) is 1. The van der Waals surface area contributed by atoms with Gasteiger partial charge in [0.1, 0.15) is 0 Å². The number of aryl methyl sites for hydroxylation is 1.